The predicted octanol–water partition coefficient (Wildman–Crippen LogP) is 16.0. The number of alkyl halides is 6. The zero-order valence-corrected chi connectivity index (χ0v) is 66.9. The maximum Gasteiger partial charge on any atom is 0.417 e. The van der Waals surface area contributed by atoms with Gasteiger partial charge in [0.25, 0.3) is 23.6 Å². The van der Waals surface area contributed by atoms with E-state index in [0.29, 0.717) is 44.8 Å². The van der Waals surface area contributed by atoms with Crippen LogP contribution < -0.4 is 19.3 Å². The lowest BCUT2D eigenvalue weighted by Crippen LogP contribution is -2.58. The monoisotopic (exact) mass is 1590 g/mol. The molecule has 6 aromatic rings. The summed E-state index contributed by atoms with van der Waals surface area (Å²) in [5.74, 6) is -3.75. The van der Waals surface area contributed by atoms with Crippen molar-refractivity contribution in [2.75, 3.05) is 68.8 Å². The second-order valence-electron chi connectivity index (χ2n) is 31.8. The number of nitrogens with zero attached hydrogens (tertiary/aromatic N) is 8. The highest BCUT2D eigenvalue weighted by Gasteiger charge is 2.50. The van der Waals surface area contributed by atoms with Crippen LogP contribution in [-0.2, 0) is 67.2 Å². The number of aliphatic hydroxyl groups excluding tert-OH is 1. The van der Waals surface area contributed by atoms with Crippen molar-refractivity contribution in [3.8, 4) is 11.5 Å². The Kier molecular flexibility index (Phi) is 28.1. The van der Waals surface area contributed by atoms with Gasteiger partial charge < -0.3 is 72.7 Å². The van der Waals surface area contributed by atoms with Crippen LogP contribution in [0.25, 0.3) is 0 Å². The summed E-state index contributed by atoms with van der Waals surface area (Å²) in [4.78, 5) is 121. The molecule has 114 heavy (non-hydrogen) atoms. The summed E-state index contributed by atoms with van der Waals surface area (Å²) < 4.78 is 124. The van der Waals surface area contributed by atoms with Gasteiger partial charge in [-0.25, -0.2) is 19.2 Å². The summed E-state index contributed by atoms with van der Waals surface area (Å²) in [6.07, 6.45) is -10.5. The number of aliphatic hydroxyl groups is 1. The minimum Gasteiger partial charge on any atom is -0.476 e. The fourth-order valence-electron chi connectivity index (χ4n) is 14.1. The quantitative estimate of drug-likeness (QED) is 0.0491. The van der Waals surface area contributed by atoms with Crippen molar-refractivity contribution in [2.24, 2.45) is 0 Å². The second-order valence-corrected chi connectivity index (χ2v) is 31.8. The van der Waals surface area contributed by atoms with E-state index in [-0.39, 0.29) is 94.9 Å². The standard InChI is InChI=1S/C43H53F3N4O7.C42H51F3N4O8/c1-8-42(7)38(52)49(23-22-48(26-30-16-11-9-12-17-30)39(53)55-28-31-18-13-10-14-19-31)35-24-33(34(43(44,45)46)25-36(35)56-42)37(51)50(29(2)3)32-20-15-21-47(27-32)40(54)57-41(4,5)6;1-28(2)49(31-18-13-19-46(25-31)39(54)57-40(3,4)5)36(51)32-22-34-35(23-33(32)42(43,44)45)56-41(6,27-50)37(52)48(34)21-20-47(24-29-14-9-7-10-15-29)38(53)55-26-30-16-11-8-12-17-30/h9-14,16-19,24-25,29,32H,8,15,20-23,26-28H2,1-7H3;7-12,14-17,22-23,28,31,50H,13,18-21,24-27H2,1-6H3/t32-,42?;31-,41?/m11/s1. The number of amides is 8. The number of anilines is 2. The number of halogens is 6. The lowest BCUT2D eigenvalue weighted by atomic mass is 9.94. The van der Waals surface area contributed by atoms with Crippen LogP contribution in [0, 0.1) is 0 Å². The van der Waals surface area contributed by atoms with Crippen LogP contribution in [0.3, 0.4) is 0 Å². The first-order valence-corrected chi connectivity index (χ1v) is 38.4. The number of hydrogen-bond acceptors (Lipinski definition) is 15. The van der Waals surface area contributed by atoms with Crippen LogP contribution in [-0.4, -0.2) is 188 Å². The Morgan fingerprint density at radius 2 is 0.851 bits per heavy atom. The summed E-state index contributed by atoms with van der Waals surface area (Å²) in [5, 5.41) is 10.3. The molecule has 29 heteroatoms. The summed E-state index contributed by atoms with van der Waals surface area (Å²) in [7, 11) is 0. The average molecular weight is 1590 g/mol. The van der Waals surface area contributed by atoms with Gasteiger partial charge in [0.1, 0.15) is 35.9 Å². The number of benzene rings is 6. The van der Waals surface area contributed by atoms with Gasteiger partial charge in [-0.2, -0.15) is 26.3 Å². The van der Waals surface area contributed by atoms with Crippen LogP contribution in [0.2, 0.25) is 0 Å². The van der Waals surface area contributed by atoms with Crippen LogP contribution in [0.15, 0.2) is 146 Å². The molecule has 0 aromatic heterocycles. The number of rotatable bonds is 22. The minimum absolute atomic E-state index is 0.00670. The first kappa shape index (κ1) is 87.4. The predicted molar refractivity (Wildman–Crippen MR) is 414 cm³/mol. The van der Waals surface area contributed by atoms with Crippen LogP contribution >= 0.6 is 0 Å². The second kappa shape index (κ2) is 36.7. The molecule has 2 unspecified atom stereocenters. The molecule has 23 nitrogen and oxygen atoms in total. The van der Waals surface area contributed by atoms with E-state index in [1.165, 1.54) is 48.1 Å². The Morgan fingerprint density at radius 1 is 0.518 bits per heavy atom. The fourth-order valence-corrected chi connectivity index (χ4v) is 14.1. The molecule has 10 rings (SSSR count). The summed E-state index contributed by atoms with van der Waals surface area (Å²) in [6, 6.07) is 37.6. The summed E-state index contributed by atoms with van der Waals surface area (Å²) in [6.45, 7) is 21.2. The highest BCUT2D eigenvalue weighted by Crippen LogP contribution is 2.48. The van der Waals surface area contributed by atoms with Crippen molar-refractivity contribution >= 4 is 59.4 Å². The van der Waals surface area contributed by atoms with Crippen molar-refractivity contribution in [1.29, 1.82) is 0 Å². The van der Waals surface area contributed by atoms with Gasteiger partial charge in [0, 0.05) is 77.5 Å². The number of fused-ring (bicyclic) bond motifs is 2. The molecule has 0 radical (unpaired) electrons. The molecule has 0 saturated carbocycles. The Bertz CT molecular complexity index is 4080. The molecule has 4 heterocycles. The van der Waals surface area contributed by atoms with E-state index in [0.717, 1.165) is 45.4 Å². The number of likely N-dealkylation sites (tertiary alicyclic amines) is 2. The number of piperidine rings is 2. The molecular formula is C85H104F6N8O15. The van der Waals surface area contributed by atoms with E-state index in [4.69, 9.17) is 28.4 Å². The Hall–Kier alpha value is -10.6. The third kappa shape index (κ3) is 22.0. The van der Waals surface area contributed by atoms with Gasteiger partial charge in [-0.05, 0) is 162 Å². The van der Waals surface area contributed by atoms with Gasteiger partial charge in [0.05, 0.1) is 52.3 Å². The highest BCUT2D eigenvalue weighted by molar-refractivity contribution is 6.07. The molecule has 0 bridgehead atoms. The molecule has 2 saturated heterocycles. The molecule has 4 atom stereocenters. The maximum atomic E-state index is 15.0. The molecule has 8 amide bonds. The molecular weight excluding hydrogens is 1490 g/mol. The summed E-state index contributed by atoms with van der Waals surface area (Å²) >= 11 is 0. The van der Waals surface area contributed by atoms with E-state index in [1.807, 2.05) is 97.1 Å². The van der Waals surface area contributed by atoms with E-state index < -0.39 is 136 Å². The number of carbonyl (C=O) groups excluding carboxylic acids is 8. The molecule has 1 N–H and O–H groups in total. The molecule has 0 spiro atoms. The van der Waals surface area contributed by atoms with Crippen molar-refractivity contribution in [1.82, 2.24) is 29.4 Å². The van der Waals surface area contributed by atoms with Crippen molar-refractivity contribution < 1.29 is 98.2 Å². The molecule has 6 aromatic carbocycles. The number of carbonyl (C=O) groups is 8. The Morgan fingerprint density at radius 3 is 1.17 bits per heavy atom. The minimum atomic E-state index is -5.03. The zero-order chi connectivity index (χ0) is 83.4. The first-order valence-electron chi connectivity index (χ1n) is 38.4. The van der Waals surface area contributed by atoms with Gasteiger partial charge >= 0.3 is 36.7 Å². The molecule has 2 fully saturated rings. The molecule has 0 aliphatic carbocycles. The third-order valence-electron chi connectivity index (χ3n) is 19.9. The highest BCUT2D eigenvalue weighted by atomic mass is 19.4. The molecule has 4 aliphatic heterocycles. The lowest BCUT2D eigenvalue weighted by molar-refractivity contribution is -0.140. The normalized spacial score (nSPS) is 18.4. The SMILES string of the molecule is CC(C)N(C(=O)c1cc2c(cc1C(F)(F)F)OC(C)(CO)C(=O)N2CCN(Cc1ccccc1)C(=O)OCc1ccccc1)[C@@H]1CCCN(C(=O)OC(C)(C)C)C1.CCC1(C)Oc2cc(C(F)(F)F)c(C(=O)N(C(C)C)[C@@H]3CCCN(C(=O)OC(C)(C)C)C3)cc2N(CCN(Cc2ccccc2)C(=O)OCc2ccccc2)C1=O. The molecule has 4 aliphatic rings. The van der Waals surface area contributed by atoms with Gasteiger partial charge in [-0.3, -0.25) is 19.2 Å². The van der Waals surface area contributed by atoms with Gasteiger partial charge in [-0.15, -0.1) is 0 Å². The van der Waals surface area contributed by atoms with Crippen LogP contribution in [0.4, 0.5) is 56.9 Å². The summed E-state index contributed by atoms with van der Waals surface area (Å²) in [5.41, 5.74) is -6.00. The largest absolute Gasteiger partial charge is 0.476 e. The number of ether oxygens (including phenoxy) is 6. The maximum absolute atomic E-state index is 15.0. The molecule has 616 valence electrons. The topological polar surface area (TPSA) is 238 Å². The smallest absolute Gasteiger partial charge is 0.417 e. The number of hydrogen-bond donors (Lipinski definition) is 1. The van der Waals surface area contributed by atoms with E-state index in [9.17, 15) is 69.8 Å². The zero-order valence-electron chi connectivity index (χ0n) is 66.9. The van der Waals surface area contributed by atoms with Crippen molar-refractivity contribution in [3.05, 3.63) is 190 Å². The van der Waals surface area contributed by atoms with Crippen molar-refractivity contribution in [3.63, 3.8) is 0 Å². The Labute approximate surface area is 661 Å². The van der Waals surface area contributed by atoms with Crippen LogP contribution in [0.1, 0.15) is 176 Å². The fraction of sp³-hybridized carbons (Fsp3) is 0.482. The van der Waals surface area contributed by atoms with Crippen LogP contribution in [0.5, 0.6) is 11.5 Å². The van der Waals surface area contributed by atoms with Gasteiger partial charge in [0.2, 0.25) is 5.60 Å². The van der Waals surface area contributed by atoms with Crippen molar-refractivity contribution in [2.45, 2.75) is 207 Å². The van der Waals surface area contributed by atoms with E-state index >= 15 is 0 Å². The van der Waals surface area contributed by atoms with E-state index in [2.05, 4.69) is 0 Å². The average Bonchev–Trinajstić information content (AvgIpc) is 0.743. The first-order chi connectivity index (χ1) is 53.6. The Balaban J connectivity index is 0.000000261. The lowest BCUT2D eigenvalue weighted by Gasteiger charge is -2.43. The van der Waals surface area contributed by atoms with Gasteiger partial charge in [-0.1, -0.05) is 128 Å². The van der Waals surface area contributed by atoms with Gasteiger partial charge in [0.15, 0.2) is 5.60 Å². The third-order valence-corrected chi connectivity index (χ3v) is 19.9. The van der Waals surface area contributed by atoms with E-state index in [1.54, 1.807) is 100 Å².